The van der Waals surface area contributed by atoms with Crippen LogP contribution < -0.4 is 15.4 Å². The number of ether oxygens (including phenoxy) is 1. The standard InChI is InChI=1S/C15H20F3N5O4/c1-2-23(7-12(24)25)10-5-9(6-10)20-13(26)21-11-3-4-19-14(22-11)27-8-15(16,17)18/h3-4,9-10H,2,5-8H2,1H3,(H,24,25)(H2,19,20,21,22,26). The molecule has 1 saturated carbocycles. The molecule has 150 valence electrons. The monoisotopic (exact) mass is 391 g/mol. The zero-order valence-electron chi connectivity index (χ0n) is 14.5. The highest BCUT2D eigenvalue weighted by Crippen LogP contribution is 2.25. The molecule has 27 heavy (non-hydrogen) atoms. The van der Waals surface area contributed by atoms with Crippen molar-refractivity contribution in [2.24, 2.45) is 0 Å². The minimum atomic E-state index is -4.52. The number of likely N-dealkylation sites (N-methyl/N-ethyl adjacent to an activating group) is 1. The summed E-state index contributed by atoms with van der Waals surface area (Å²) in [7, 11) is 0. The Morgan fingerprint density at radius 3 is 2.70 bits per heavy atom. The molecule has 2 amide bonds. The molecule has 0 radical (unpaired) electrons. The molecule has 0 saturated heterocycles. The molecule has 1 aliphatic carbocycles. The van der Waals surface area contributed by atoms with E-state index in [2.05, 4.69) is 25.3 Å². The molecule has 0 aromatic carbocycles. The van der Waals surface area contributed by atoms with Crippen LogP contribution in [0.5, 0.6) is 6.01 Å². The number of halogens is 3. The first-order chi connectivity index (χ1) is 12.7. The Balaban J connectivity index is 1.77. The van der Waals surface area contributed by atoms with Gasteiger partial charge in [0.05, 0.1) is 6.54 Å². The lowest BCUT2D eigenvalue weighted by Crippen LogP contribution is -2.55. The topological polar surface area (TPSA) is 117 Å². The Bertz CT molecular complexity index is 667. The zero-order chi connectivity index (χ0) is 20.0. The average Bonchev–Trinajstić information content (AvgIpc) is 2.53. The van der Waals surface area contributed by atoms with Crippen LogP contribution in [-0.2, 0) is 4.79 Å². The number of alkyl halides is 3. The maximum Gasteiger partial charge on any atom is 0.422 e. The minimum absolute atomic E-state index is 0.00314. The van der Waals surface area contributed by atoms with Crippen LogP contribution in [0.3, 0.4) is 0 Å². The minimum Gasteiger partial charge on any atom is -0.480 e. The van der Waals surface area contributed by atoms with E-state index in [1.807, 2.05) is 11.8 Å². The molecule has 3 N–H and O–H groups in total. The van der Waals surface area contributed by atoms with Gasteiger partial charge in [0.25, 0.3) is 0 Å². The number of amides is 2. The number of nitrogens with zero attached hydrogens (tertiary/aromatic N) is 3. The second kappa shape index (κ2) is 8.84. The maximum absolute atomic E-state index is 12.1. The number of nitrogens with one attached hydrogen (secondary N) is 2. The van der Waals surface area contributed by atoms with E-state index in [0.717, 1.165) is 0 Å². The largest absolute Gasteiger partial charge is 0.480 e. The summed E-state index contributed by atoms with van der Waals surface area (Å²) in [6.45, 7) is 0.875. The van der Waals surface area contributed by atoms with Crippen molar-refractivity contribution >= 4 is 17.8 Å². The highest BCUT2D eigenvalue weighted by molar-refractivity contribution is 5.88. The highest BCUT2D eigenvalue weighted by Gasteiger charge is 2.34. The number of hydrogen-bond donors (Lipinski definition) is 3. The SMILES string of the molecule is CCN(CC(=O)O)C1CC(NC(=O)Nc2ccnc(OCC(F)(F)F)n2)C1. The second-order valence-electron chi connectivity index (χ2n) is 6.01. The summed E-state index contributed by atoms with van der Waals surface area (Å²) < 4.78 is 40.8. The van der Waals surface area contributed by atoms with Crippen LogP contribution >= 0.6 is 0 Å². The Hall–Kier alpha value is -2.63. The molecule has 9 nitrogen and oxygen atoms in total. The van der Waals surface area contributed by atoms with Crippen molar-refractivity contribution < 1.29 is 32.6 Å². The molecule has 1 aromatic heterocycles. The van der Waals surface area contributed by atoms with Gasteiger partial charge >= 0.3 is 24.2 Å². The van der Waals surface area contributed by atoms with E-state index in [1.165, 1.54) is 12.3 Å². The fourth-order valence-corrected chi connectivity index (χ4v) is 2.64. The van der Waals surface area contributed by atoms with Crippen LogP contribution in [0.4, 0.5) is 23.8 Å². The quantitative estimate of drug-likeness (QED) is 0.614. The fourth-order valence-electron chi connectivity index (χ4n) is 2.64. The molecule has 0 atom stereocenters. The third kappa shape index (κ3) is 6.89. The van der Waals surface area contributed by atoms with Crippen molar-refractivity contribution in [1.82, 2.24) is 20.2 Å². The summed E-state index contributed by atoms with van der Waals surface area (Å²) in [6.07, 6.45) is -2.13. The smallest absolute Gasteiger partial charge is 0.422 e. The molecule has 1 fully saturated rings. The normalized spacial score (nSPS) is 19.3. The van der Waals surface area contributed by atoms with Crippen LogP contribution in [0.2, 0.25) is 0 Å². The second-order valence-corrected chi connectivity index (χ2v) is 6.01. The molecular weight excluding hydrogens is 371 g/mol. The number of rotatable bonds is 8. The van der Waals surface area contributed by atoms with Crippen LogP contribution in [-0.4, -0.2) is 69.9 Å². The first-order valence-electron chi connectivity index (χ1n) is 8.22. The number of urea groups is 1. The molecule has 1 heterocycles. The molecule has 0 bridgehead atoms. The van der Waals surface area contributed by atoms with Crippen LogP contribution in [0.1, 0.15) is 19.8 Å². The number of carboxylic acid groups (broad SMARTS) is 1. The zero-order valence-corrected chi connectivity index (χ0v) is 14.5. The van der Waals surface area contributed by atoms with E-state index >= 15 is 0 Å². The van der Waals surface area contributed by atoms with Crippen LogP contribution in [0.15, 0.2) is 12.3 Å². The summed E-state index contributed by atoms with van der Waals surface area (Å²) in [6, 6.07) is 0.203. The van der Waals surface area contributed by atoms with Gasteiger partial charge in [0.2, 0.25) is 0 Å². The van der Waals surface area contributed by atoms with E-state index in [4.69, 9.17) is 5.11 Å². The van der Waals surface area contributed by atoms with Gasteiger partial charge in [0.15, 0.2) is 6.61 Å². The summed E-state index contributed by atoms with van der Waals surface area (Å²) in [4.78, 5) is 31.8. The van der Waals surface area contributed by atoms with Gasteiger partial charge in [0.1, 0.15) is 5.82 Å². The molecule has 0 unspecified atom stereocenters. The van der Waals surface area contributed by atoms with Crippen molar-refractivity contribution in [3.63, 3.8) is 0 Å². The van der Waals surface area contributed by atoms with E-state index in [-0.39, 0.29) is 24.4 Å². The van der Waals surface area contributed by atoms with Crippen molar-refractivity contribution in [2.75, 3.05) is 25.0 Å². The van der Waals surface area contributed by atoms with Crippen LogP contribution in [0.25, 0.3) is 0 Å². The first kappa shape index (κ1) is 20.7. The molecule has 1 aliphatic rings. The molecule has 1 aromatic rings. The lowest BCUT2D eigenvalue weighted by atomic mass is 9.85. The summed E-state index contributed by atoms with van der Waals surface area (Å²) >= 11 is 0. The molecule has 12 heteroatoms. The average molecular weight is 391 g/mol. The molecular formula is C15H20F3N5O4. The van der Waals surface area contributed by atoms with Gasteiger partial charge in [-0.3, -0.25) is 15.0 Å². The number of aliphatic carboxylic acids is 1. The van der Waals surface area contributed by atoms with Gasteiger partial charge in [-0.05, 0) is 25.5 Å². The van der Waals surface area contributed by atoms with Gasteiger partial charge in [-0.2, -0.15) is 18.2 Å². The van der Waals surface area contributed by atoms with Gasteiger partial charge in [-0.15, -0.1) is 0 Å². The molecule has 0 spiro atoms. The molecule has 0 aliphatic heterocycles. The van der Waals surface area contributed by atoms with Gasteiger partial charge in [-0.25, -0.2) is 9.78 Å². The third-order valence-electron chi connectivity index (χ3n) is 3.95. The number of aromatic nitrogens is 2. The number of hydrogen-bond acceptors (Lipinski definition) is 6. The lowest BCUT2D eigenvalue weighted by molar-refractivity contribution is -0.154. The number of carboxylic acids is 1. The van der Waals surface area contributed by atoms with E-state index < -0.39 is 30.8 Å². The van der Waals surface area contributed by atoms with E-state index in [9.17, 15) is 22.8 Å². The summed E-state index contributed by atoms with van der Waals surface area (Å²) in [5.41, 5.74) is 0. The Morgan fingerprint density at radius 1 is 1.41 bits per heavy atom. The highest BCUT2D eigenvalue weighted by atomic mass is 19.4. The number of carbonyl (C=O) groups is 2. The fraction of sp³-hybridized carbons (Fsp3) is 0.600. The lowest BCUT2D eigenvalue weighted by Gasteiger charge is -2.42. The van der Waals surface area contributed by atoms with Crippen molar-refractivity contribution in [1.29, 1.82) is 0 Å². The van der Waals surface area contributed by atoms with E-state index in [0.29, 0.717) is 19.4 Å². The molecule has 2 rings (SSSR count). The predicted octanol–water partition coefficient (Wildman–Crippen LogP) is 1.48. The van der Waals surface area contributed by atoms with E-state index in [1.54, 1.807) is 0 Å². The predicted molar refractivity (Wildman–Crippen MR) is 87.4 cm³/mol. The Morgan fingerprint density at radius 2 is 2.11 bits per heavy atom. The first-order valence-corrected chi connectivity index (χ1v) is 8.22. The number of anilines is 1. The van der Waals surface area contributed by atoms with Gasteiger partial charge in [0, 0.05) is 18.3 Å². The van der Waals surface area contributed by atoms with Crippen molar-refractivity contribution in [2.45, 2.75) is 38.0 Å². The summed E-state index contributed by atoms with van der Waals surface area (Å²) in [5.74, 6) is -0.907. The van der Waals surface area contributed by atoms with Crippen LogP contribution in [0, 0.1) is 0 Å². The Labute approximate surface area is 152 Å². The maximum atomic E-state index is 12.1. The summed E-state index contributed by atoms with van der Waals surface area (Å²) in [5, 5.41) is 14.0. The number of carbonyl (C=O) groups excluding carboxylic acids is 1. The Kier molecular flexibility index (Phi) is 6.77. The van der Waals surface area contributed by atoms with Gasteiger partial charge < -0.3 is 15.2 Å². The third-order valence-corrected chi connectivity index (χ3v) is 3.95. The van der Waals surface area contributed by atoms with Gasteiger partial charge in [-0.1, -0.05) is 6.92 Å². The van der Waals surface area contributed by atoms with Crippen molar-refractivity contribution in [3.05, 3.63) is 12.3 Å². The van der Waals surface area contributed by atoms with Crippen molar-refractivity contribution in [3.8, 4) is 6.01 Å².